The molecule has 0 saturated carbocycles. The molecule has 0 aliphatic carbocycles. The molecule has 2 heterocycles. The summed E-state index contributed by atoms with van der Waals surface area (Å²) in [6.45, 7) is 2.12. The number of benzene rings is 1. The van der Waals surface area contributed by atoms with E-state index < -0.39 is 0 Å². The van der Waals surface area contributed by atoms with Crippen molar-refractivity contribution in [2.45, 2.75) is 19.8 Å². The van der Waals surface area contributed by atoms with E-state index in [1.807, 2.05) is 30.3 Å². The zero-order chi connectivity index (χ0) is 14.7. The minimum Gasteiger partial charge on any atom is -0.383 e. The molecule has 1 aromatic carbocycles. The lowest BCUT2D eigenvalue weighted by molar-refractivity contribution is 0.888. The van der Waals surface area contributed by atoms with Crippen LogP contribution in [-0.4, -0.2) is 19.7 Å². The Labute approximate surface area is 123 Å². The highest BCUT2D eigenvalue weighted by Crippen LogP contribution is 2.28. The van der Waals surface area contributed by atoms with Gasteiger partial charge in [-0.1, -0.05) is 31.5 Å². The van der Waals surface area contributed by atoms with Crippen LogP contribution in [0.2, 0.25) is 0 Å². The highest BCUT2D eigenvalue weighted by atomic mass is 15.3. The van der Waals surface area contributed by atoms with E-state index in [-0.39, 0.29) is 0 Å². The lowest BCUT2D eigenvalue weighted by Gasteiger charge is -2.04. The van der Waals surface area contributed by atoms with E-state index >= 15 is 0 Å². The van der Waals surface area contributed by atoms with Gasteiger partial charge in [0.15, 0.2) is 5.82 Å². The second-order valence-corrected chi connectivity index (χ2v) is 4.78. The molecule has 0 atom stereocenters. The number of aromatic nitrogens is 4. The number of hydrogen-bond donors (Lipinski definition) is 1. The van der Waals surface area contributed by atoms with Gasteiger partial charge >= 0.3 is 0 Å². The average Bonchev–Trinajstić information content (AvgIpc) is 2.87. The fourth-order valence-corrected chi connectivity index (χ4v) is 2.33. The van der Waals surface area contributed by atoms with E-state index in [9.17, 15) is 0 Å². The Morgan fingerprint density at radius 3 is 2.43 bits per heavy atom. The van der Waals surface area contributed by atoms with E-state index in [0.29, 0.717) is 11.6 Å². The molecule has 21 heavy (non-hydrogen) atoms. The van der Waals surface area contributed by atoms with E-state index in [1.165, 1.54) is 0 Å². The van der Waals surface area contributed by atoms with Crippen molar-refractivity contribution < 1.29 is 0 Å². The molecule has 106 valence electrons. The van der Waals surface area contributed by atoms with Crippen LogP contribution < -0.4 is 5.73 Å². The van der Waals surface area contributed by atoms with Crippen LogP contribution in [0.4, 0.5) is 5.82 Å². The van der Waals surface area contributed by atoms with Gasteiger partial charge in [-0.3, -0.25) is 0 Å². The first-order chi connectivity index (χ1) is 10.3. The summed E-state index contributed by atoms with van der Waals surface area (Å²) in [5, 5.41) is 4.64. The number of nitrogens with two attached hydrogens (primary N) is 1. The van der Waals surface area contributed by atoms with Crippen molar-refractivity contribution in [1.29, 1.82) is 0 Å². The van der Waals surface area contributed by atoms with Crippen molar-refractivity contribution in [2.75, 3.05) is 5.73 Å². The molecule has 0 aliphatic heterocycles. The number of nitrogen functional groups attached to an aromatic ring is 1. The molecule has 0 fully saturated rings. The maximum atomic E-state index is 6.30. The van der Waals surface area contributed by atoms with Gasteiger partial charge in [-0.05, 0) is 24.6 Å². The van der Waals surface area contributed by atoms with Crippen LogP contribution in [0.1, 0.15) is 18.9 Å². The summed E-state index contributed by atoms with van der Waals surface area (Å²) < 4.78 is 1.76. The number of anilines is 1. The van der Waals surface area contributed by atoms with E-state index in [1.54, 1.807) is 23.1 Å². The Kier molecular flexibility index (Phi) is 3.64. The summed E-state index contributed by atoms with van der Waals surface area (Å²) in [5.41, 5.74) is 9.01. The highest BCUT2D eigenvalue weighted by molar-refractivity contribution is 5.64. The van der Waals surface area contributed by atoms with Crippen LogP contribution in [0.5, 0.6) is 0 Å². The molecule has 2 aromatic heterocycles. The Hall–Kier alpha value is -2.69. The normalized spacial score (nSPS) is 10.7. The van der Waals surface area contributed by atoms with Crippen molar-refractivity contribution in [3.05, 3.63) is 54.4 Å². The minimum atomic E-state index is 0.613. The monoisotopic (exact) mass is 279 g/mol. The Bertz CT molecular complexity index is 719. The SMILES string of the molecule is CCCc1c(-c2ncccn2)nn(-c2ccccc2)c1N. The molecule has 0 spiro atoms. The minimum absolute atomic E-state index is 0.613. The highest BCUT2D eigenvalue weighted by Gasteiger charge is 2.18. The lowest BCUT2D eigenvalue weighted by Crippen LogP contribution is -2.02. The van der Waals surface area contributed by atoms with Crippen molar-refractivity contribution in [2.24, 2.45) is 0 Å². The molecule has 0 amide bonds. The second kappa shape index (κ2) is 5.75. The fraction of sp³-hybridized carbons (Fsp3) is 0.188. The van der Waals surface area contributed by atoms with Gasteiger partial charge in [-0.25, -0.2) is 14.6 Å². The molecule has 3 aromatic rings. The standard InChI is InChI=1S/C16H17N5/c1-2-7-13-14(16-18-10-6-11-19-16)20-21(15(13)17)12-8-4-3-5-9-12/h3-6,8-11H,2,7,17H2,1H3. The first-order valence-corrected chi connectivity index (χ1v) is 7.01. The molecule has 0 aliphatic rings. The van der Waals surface area contributed by atoms with Crippen LogP contribution in [0.3, 0.4) is 0 Å². The van der Waals surface area contributed by atoms with Gasteiger partial charge in [-0.15, -0.1) is 0 Å². The fourth-order valence-electron chi connectivity index (χ4n) is 2.33. The summed E-state index contributed by atoms with van der Waals surface area (Å²) in [7, 11) is 0. The molecule has 0 bridgehead atoms. The quantitative estimate of drug-likeness (QED) is 0.797. The summed E-state index contributed by atoms with van der Waals surface area (Å²) in [6, 6.07) is 11.7. The summed E-state index contributed by atoms with van der Waals surface area (Å²) in [6.07, 6.45) is 5.28. The smallest absolute Gasteiger partial charge is 0.180 e. The van der Waals surface area contributed by atoms with E-state index in [2.05, 4.69) is 22.0 Å². The first-order valence-electron chi connectivity index (χ1n) is 7.01. The predicted octanol–water partition coefficient (Wildman–Crippen LogP) is 2.86. The third kappa shape index (κ3) is 2.50. The van der Waals surface area contributed by atoms with Gasteiger partial charge < -0.3 is 5.73 Å². The van der Waals surface area contributed by atoms with Crippen LogP contribution in [0, 0.1) is 0 Å². The lowest BCUT2D eigenvalue weighted by atomic mass is 10.1. The first kappa shape index (κ1) is 13.3. The largest absolute Gasteiger partial charge is 0.383 e. The van der Waals surface area contributed by atoms with Crippen molar-refractivity contribution in [3.8, 4) is 17.2 Å². The number of nitrogens with zero attached hydrogens (tertiary/aromatic N) is 4. The molecular formula is C16H17N5. The second-order valence-electron chi connectivity index (χ2n) is 4.78. The molecule has 3 rings (SSSR count). The van der Waals surface area contributed by atoms with E-state index in [0.717, 1.165) is 29.8 Å². The van der Waals surface area contributed by atoms with E-state index in [4.69, 9.17) is 5.73 Å². The molecule has 5 heteroatoms. The number of rotatable bonds is 4. The van der Waals surface area contributed by atoms with Crippen LogP contribution in [0.15, 0.2) is 48.8 Å². The van der Waals surface area contributed by atoms with Crippen LogP contribution in [0.25, 0.3) is 17.2 Å². The van der Waals surface area contributed by atoms with Gasteiger partial charge in [0.25, 0.3) is 0 Å². The topological polar surface area (TPSA) is 69.6 Å². The maximum absolute atomic E-state index is 6.30. The molecule has 5 nitrogen and oxygen atoms in total. The maximum Gasteiger partial charge on any atom is 0.180 e. The van der Waals surface area contributed by atoms with Crippen LogP contribution in [-0.2, 0) is 6.42 Å². The van der Waals surface area contributed by atoms with Crippen molar-refractivity contribution in [3.63, 3.8) is 0 Å². The summed E-state index contributed by atoms with van der Waals surface area (Å²) in [5.74, 6) is 1.27. The Morgan fingerprint density at radius 1 is 1.05 bits per heavy atom. The van der Waals surface area contributed by atoms with Gasteiger partial charge in [0, 0.05) is 18.0 Å². The summed E-state index contributed by atoms with van der Waals surface area (Å²) >= 11 is 0. The Morgan fingerprint density at radius 2 is 1.76 bits per heavy atom. The molecule has 0 radical (unpaired) electrons. The molecule has 0 unspecified atom stereocenters. The number of para-hydroxylation sites is 1. The average molecular weight is 279 g/mol. The molecule has 2 N–H and O–H groups in total. The van der Waals surface area contributed by atoms with Gasteiger partial charge in [0.1, 0.15) is 11.5 Å². The predicted molar refractivity (Wildman–Crippen MR) is 83.0 cm³/mol. The zero-order valence-corrected chi connectivity index (χ0v) is 11.9. The van der Waals surface area contributed by atoms with Gasteiger partial charge in [0.2, 0.25) is 0 Å². The third-order valence-corrected chi connectivity index (χ3v) is 3.30. The number of hydrogen-bond acceptors (Lipinski definition) is 4. The van der Waals surface area contributed by atoms with Gasteiger partial charge in [-0.2, -0.15) is 5.10 Å². The summed E-state index contributed by atoms with van der Waals surface area (Å²) in [4.78, 5) is 8.60. The third-order valence-electron chi connectivity index (χ3n) is 3.30. The Balaban J connectivity index is 2.16. The van der Waals surface area contributed by atoms with Crippen LogP contribution >= 0.6 is 0 Å². The zero-order valence-electron chi connectivity index (χ0n) is 11.9. The van der Waals surface area contributed by atoms with Crippen molar-refractivity contribution >= 4 is 5.82 Å². The molecule has 0 saturated heterocycles. The molecular weight excluding hydrogens is 262 g/mol. The van der Waals surface area contributed by atoms with Gasteiger partial charge in [0.05, 0.1) is 5.69 Å². The van der Waals surface area contributed by atoms with Crippen molar-refractivity contribution in [1.82, 2.24) is 19.7 Å².